The SMILES string of the molecule is C=C(C)[C@@H]1CC[C@]2(NCCN3C[C@@H]4C[C@H]3CS4(O)O)CC[C@]3(C)[C@H](CC[C@@H]4[C@@]5(C)CC[C@H](OC(=O)CC(C)(C)C(=O)O)C(C)(C)[C@@H]5CC[C@]43C)[C@@H]12. The molecule has 2 bridgehead atoms. The Labute approximate surface area is 310 Å². The summed E-state index contributed by atoms with van der Waals surface area (Å²) in [6, 6.07) is 0.333. The van der Waals surface area contributed by atoms with Gasteiger partial charge in [-0.3, -0.25) is 23.6 Å². The number of fused-ring (bicyclic) bond motifs is 9. The molecule has 0 aromatic heterocycles. The van der Waals surface area contributed by atoms with Crippen LogP contribution in [0.15, 0.2) is 12.2 Å². The number of aliphatic carboxylic acids is 1. The fourth-order valence-corrected chi connectivity index (χ4v) is 16.9. The zero-order valence-electron chi connectivity index (χ0n) is 33.1. The highest BCUT2D eigenvalue weighted by Crippen LogP contribution is 2.76. The van der Waals surface area contributed by atoms with Crippen molar-refractivity contribution in [3.8, 4) is 0 Å². The third-order valence-corrected chi connectivity index (χ3v) is 20.1. The molecule has 0 aromatic carbocycles. The van der Waals surface area contributed by atoms with Crippen molar-refractivity contribution in [1.29, 1.82) is 0 Å². The monoisotopic (exact) mass is 730 g/mol. The quantitative estimate of drug-likeness (QED) is 0.138. The minimum atomic E-state index is -2.38. The summed E-state index contributed by atoms with van der Waals surface area (Å²) in [5.41, 5.74) is 0.849. The van der Waals surface area contributed by atoms with Crippen LogP contribution < -0.4 is 5.32 Å². The molecule has 2 aliphatic heterocycles. The van der Waals surface area contributed by atoms with Crippen LogP contribution in [-0.4, -0.2) is 79.4 Å². The van der Waals surface area contributed by atoms with Crippen LogP contribution in [0.2, 0.25) is 0 Å². The van der Waals surface area contributed by atoms with Crippen LogP contribution in [0.3, 0.4) is 0 Å². The topological polar surface area (TPSA) is 119 Å². The van der Waals surface area contributed by atoms with Gasteiger partial charge in [0.25, 0.3) is 0 Å². The van der Waals surface area contributed by atoms with Crippen molar-refractivity contribution in [3.63, 3.8) is 0 Å². The molecule has 7 fully saturated rings. The van der Waals surface area contributed by atoms with E-state index in [0.717, 1.165) is 45.3 Å². The second-order valence-corrected chi connectivity index (χ2v) is 23.3. The Bertz CT molecular complexity index is 1430. The van der Waals surface area contributed by atoms with Gasteiger partial charge in [0, 0.05) is 36.6 Å². The number of hydrogen-bond donors (Lipinski definition) is 4. The molecular weight excluding hydrogens is 661 g/mol. The maximum atomic E-state index is 13.1. The lowest BCUT2D eigenvalue weighted by Gasteiger charge is -2.73. The van der Waals surface area contributed by atoms with E-state index in [4.69, 9.17) is 4.74 Å². The standard InChI is InChI=1S/C42H70N2O6S/c1-26(2)29-12-17-42(43-20-21-44-24-28-22-27(44)25-51(28,48)49)19-18-40(8)30(35(29)42)10-11-32-39(7)15-14-33(50-34(45)23-37(3,4)36(46)47)38(5,6)31(39)13-16-41(32,40)9/h27-33,35,43,48-49H,1,10-25H2,2-9H3,(H,46,47)/t27-,28-,29-,30+,31-,32+,33-,35+,39-,40+,41+,42-/m0/s1. The van der Waals surface area contributed by atoms with E-state index in [1.54, 1.807) is 13.8 Å². The fourth-order valence-electron chi connectivity index (χ4n) is 14.8. The van der Waals surface area contributed by atoms with Gasteiger partial charge >= 0.3 is 11.9 Å². The first kappa shape index (κ1) is 38.2. The lowest BCUT2D eigenvalue weighted by atomic mass is 9.32. The van der Waals surface area contributed by atoms with Gasteiger partial charge in [0.15, 0.2) is 0 Å². The van der Waals surface area contributed by atoms with E-state index in [9.17, 15) is 23.8 Å². The van der Waals surface area contributed by atoms with Crippen LogP contribution in [0.4, 0.5) is 0 Å². The van der Waals surface area contributed by atoms with Crippen molar-refractivity contribution in [2.24, 2.45) is 56.7 Å². The first-order chi connectivity index (χ1) is 23.6. The molecule has 290 valence electrons. The van der Waals surface area contributed by atoms with Crippen LogP contribution in [0, 0.1) is 56.7 Å². The van der Waals surface area contributed by atoms with E-state index in [-0.39, 0.29) is 50.9 Å². The molecule has 0 radical (unpaired) electrons. The van der Waals surface area contributed by atoms with Gasteiger partial charge < -0.3 is 15.2 Å². The van der Waals surface area contributed by atoms with Crippen molar-refractivity contribution in [1.82, 2.24) is 10.2 Å². The summed E-state index contributed by atoms with van der Waals surface area (Å²) in [6.07, 6.45) is 12.4. The predicted molar refractivity (Wildman–Crippen MR) is 205 cm³/mol. The third-order valence-electron chi connectivity index (χ3n) is 17.8. The van der Waals surface area contributed by atoms with Crippen molar-refractivity contribution in [2.75, 3.05) is 25.4 Å². The van der Waals surface area contributed by atoms with Crippen LogP contribution in [0.5, 0.6) is 0 Å². The largest absolute Gasteiger partial charge is 0.481 e. The molecule has 0 aromatic rings. The van der Waals surface area contributed by atoms with Crippen LogP contribution in [0.25, 0.3) is 0 Å². The van der Waals surface area contributed by atoms with Gasteiger partial charge in [-0.15, -0.1) is 0 Å². The Kier molecular flexibility index (Phi) is 9.31. The van der Waals surface area contributed by atoms with E-state index in [1.165, 1.54) is 50.5 Å². The van der Waals surface area contributed by atoms with Gasteiger partial charge in [-0.2, -0.15) is 10.6 Å². The molecule has 0 spiro atoms. The van der Waals surface area contributed by atoms with E-state index in [2.05, 4.69) is 58.3 Å². The minimum Gasteiger partial charge on any atom is -0.481 e. The molecule has 4 N–H and O–H groups in total. The number of nitrogens with zero attached hydrogens (tertiary/aromatic N) is 1. The zero-order chi connectivity index (χ0) is 37.2. The number of hydrogen-bond acceptors (Lipinski definition) is 7. The van der Waals surface area contributed by atoms with E-state index in [0.29, 0.717) is 41.4 Å². The molecule has 2 saturated heterocycles. The number of carbonyl (C=O) groups is 2. The van der Waals surface area contributed by atoms with Gasteiger partial charge in [0.2, 0.25) is 0 Å². The normalized spacial score (nSPS) is 47.4. The summed E-state index contributed by atoms with van der Waals surface area (Å²) in [6.45, 7) is 25.5. The summed E-state index contributed by atoms with van der Waals surface area (Å²) < 4.78 is 27.0. The highest BCUT2D eigenvalue weighted by Gasteiger charge is 2.71. The third kappa shape index (κ3) is 5.73. The highest BCUT2D eigenvalue weighted by atomic mass is 32.3. The Hall–Kier alpha value is -1.13. The predicted octanol–water partition coefficient (Wildman–Crippen LogP) is 8.61. The Morgan fingerprint density at radius 2 is 1.67 bits per heavy atom. The van der Waals surface area contributed by atoms with Gasteiger partial charge in [0.1, 0.15) is 6.10 Å². The molecule has 51 heavy (non-hydrogen) atoms. The molecule has 7 rings (SSSR count). The number of ether oxygens (including phenoxy) is 1. The molecule has 2 heterocycles. The Balaban J connectivity index is 1.08. The minimum absolute atomic E-state index is 0.0721. The lowest BCUT2D eigenvalue weighted by Crippen LogP contribution is -2.69. The van der Waals surface area contributed by atoms with Gasteiger partial charge in [-0.05, 0) is 137 Å². The summed E-state index contributed by atoms with van der Waals surface area (Å²) in [4.78, 5) is 27.4. The van der Waals surface area contributed by atoms with Gasteiger partial charge in [-0.25, -0.2) is 0 Å². The summed E-state index contributed by atoms with van der Waals surface area (Å²) in [7, 11) is -2.38. The Morgan fingerprint density at radius 3 is 2.29 bits per heavy atom. The molecule has 5 aliphatic carbocycles. The molecule has 0 amide bonds. The summed E-state index contributed by atoms with van der Waals surface area (Å²) in [5.74, 6) is 2.10. The average molecular weight is 731 g/mol. The molecule has 0 unspecified atom stereocenters. The molecule has 12 atom stereocenters. The first-order valence-corrected chi connectivity index (χ1v) is 22.2. The maximum Gasteiger partial charge on any atom is 0.309 e. The number of esters is 1. The number of carbonyl (C=O) groups excluding carboxylic acids is 1. The Morgan fingerprint density at radius 1 is 0.941 bits per heavy atom. The summed E-state index contributed by atoms with van der Waals surface area (Å²) >= 11 is 0. The van der Waals surface area contributed by atoms with Crippen molar-refractivity contribution < 1.29 is 28.5 Å². The number of nitrogens with one attached hydrogen (secondary N) is 1. The van der Waals surface area contributed by atoms with Crippen molar-refractivity contribution in [3.05, 3.63) is 12.2 Å². The molecular formula is C42H70N2O6S. The smallest absolute Gasteiger partial charge is 0.309 e. The van der Waals surface area contributed by atoms with Gasteiger partial charge in [0.05, 0.1) is 22.8 Å². The summed E-state index contributed by atoms with van der Waals surface area (Å²) in [5, 5.41) is 13.9. The number of rotatable bonds is 9. The van der Waals surface area contributed by atoms with E-state index < -0.39 is 22.0 Å². The number of carboxylic acid groups (broad SMARTS) is 1. The second-order valence-electron chi connectivity index (χ2n) is 20.9. The van der Waals surface area contributed by atoms with E-state index >= 15 is 0 Å². The van der Waals surface area contributed by atoms with Crippen LogP contribution in [0.1, 0.15) is 132 Å². The molecule has 5 saturated carbocycles. The van der Waals surface area contributed by atoms with Gasteiger partial charge in [-0.1, -0.05) is 46.8 Å². The van der Waals surface area contributed by atoms with Crippen molar-refractivity contribution in [2.45, 2.75) is 155 Å². The molecule has 8 nitrogen and oxygen atoms in total. The number of carboxylic acids is 1. The fraction of sp³-hybridized carbons (Fsp3) is 0.905. The number of allylic oxidation sites excluding steroid dienone is 1. The van der Waals surface area contributed by atoms with E-state index in [1.807, 2.05) is 0 Å². The van der Waals surface area contributed by atoms with Crippen molar-refractivity contribution >= 4 is 22.5 Å². The second kappa shape index (κ2) is 12.4. The number of likely N-dealkylation sites (tertiary alicyclic amines) is 1. The van der Waals surface area contributed by atoms with Crippen LogP contribution in [-0.2, 0) is 14.3 Å². The zero-order valence-corrected chi connectivity index (χ0v) is 33.9. The molecule has 7 aliphatic rings. The maximum absolute atomic E-state index is 13.1. The van der Waals surface area contributed by atoms with Crippen LogP contribution >= 0.6 is 10.6 Å². The average Bonchev–Trinajstić information content (AvgIpc) is 3.69. The molecule has 9 heteroatoms. The lowest BCUT2D eigenvalue weighted by molar-refractivity contribution is -0.246. The highest BCUT2D eigenvalue weighted by molar-refractivity contribution is 8.25. The first-order valence-electron chi connectivity index (χ1n) is 20.4.